The van der Waals surface area contributed by atoms with Gasteiger partial charge in [-0.1, -0.05) is 0 Å². The Labute approximate surface area is 101 Å². The van der Waals surface area contributed by atoms with Crippen LogP contribution in [0.4, 0.5) is 0 Å². The van der Waals surface area contributed by atoms with E-state index in [1.807, 2.05) is 13.0 Å². The highest BCUT2D eigenvalue weighted by Crippen LogP contribution is 2.39. The zero-order valence-corrected chi connectivity index (χ0v) is 10.9. The quantitative estimate of drug-likeness (QED) is 0.776. The monoisotopic (exact) mass is 237 g/mol. The van der Waals surface area contributed by atoms with Crippen LogP contribution in [0, 0.1) is 6.92 Å². The maximum Gasteiger partial charge on any atom is 0.118 e. The van der Waals surface area contributed by atoms with Crippen LogP contribution in [0.5, 0.6) is 5.75 Å². The smallest absolute Gasteiger partial charge is 0.118 e. The van der Waals surface area contributed by atoms with E-state index in [1.165, 1.54) is 16.9 Å². The summed E-state index contributed by atoms with van der Waals surface area (Å²) in [6.07, 6.45) is 4.44. The molecule has 0 saturated carbocycles. The summed E-state index contributed by atoms with van der Waals surface area (Å²) < 4.78 is 0. The molecular weight excluding hydrogens is 218 g/mol. The van der Waals surface area contributed by atoms with E-state index in [0.29, 0.717) is 5.75 Å². The molecule has 1 aliphatic heterocycles. The molecule has 2 nitrogen and oxygen atoms in total. The highest BCUT2D eigenvalue weighted by Gasteiger charge is 2.32. The fraction of sp³-hybridized carbons (Fsp3) is 0.538. The summed E-state index contributed by atoms with van der Waals surface area (Å²) >= 11 is 1.75. The van der Waals surface area contributed by atoms with Gasteiger partial charge in [0.2, 0.25) is 0 Å². The fourth-order valence-corrected chi connectivity index (χ4v) is 3.19. The topological polar surface area (TPSA) is 32.3 Å². The Morgan fingerprint density at radius 2 is 2.19 bits per heavy atom. The lowest BCUT2D eigenvalue weighted by molar-refractivity contribution is 0.418. The second kappa shape index (κ2) is 4.30. The Kier molecular flexibility index (Phi) is 3.17. The molecule has 2 N–H and O–H groups in total. The Morgan fingerprint density at radius 1 is 1.44 bits per heavy atom. The van der Waals surface area contributed by atoms with Crippen molar-refractivity contribution < 1.29 is 5.11 Å². The van der Waals surface area contributed by atoms with Crippen LogP contribution in [0.2, 0.25) is 0 Å². The molecule has 1 aromatic carbocycles. The molecule has 88 valence electrons. The van der Waals surface area contributed by atoms with E-state index >= 15 is 0 Å². The number of thioether (sulfide) groups is 1. The van der Waals surface area contributed by atoms with Gasteiger partial charge in [-0.25, -0.2) is 0 Å². The van der Waals surface area contributed by atoms with Crippen LogP contribution in [0.25, 0.3) is 0 Å². The molecule has 0 spiro atoms. The zero-order valence-electron chi connectivity index (χ0n) is 10.1. The van der Waals surface area contributed by atoms with E-state index in [4.69, 9.17) is 0 Å². The molecular formula is C13H19NOS. The van der Waals surface area contributed by atoms with Crippen molar-refractivity contribution >= 4 is 11.8 Å². The van der Waals surface area contributed by atoms with Gasteiger partial charge in [0.05, 0.1) is 0 Å². The number of phenols is 1. The Bertz CT molecular complexity index is 397. The molecule has 0 aromatic heterocycles. The van der Waals surface area contributed by atoms with Gasteiger partial charge in [-0.05, 0) is 62.7 Å². The molecule has 1 unspecified atom stereocenters. The van der Waals surface area contributed by atoms with Crippen LogP contribution in [0.1, 0.15) is 30.9 Å². The maximum atomic E-state index is 9.86. The number of nitrogens with one attached hydrogen (secondary N) is 1. The lowest BCUT2D eigenvalue weighted by Gasteiger charge is -2.27. The molecule has 1 atom stereocenters. The van der Waals surface area contributed by atoms with Gasteiger partial charge in [-0.3, -0.25) is 0 Å². The van der Waals surface area contributed by atoms with E-state index in [0.717, 1.165) is 18.5 Å². The highest BCUT2D eigenvalue weighted by atomic mass is 32.2. The fourth-order valence-electron chi connectivity index (χ4n) is 2.39. The van der Waals surface area contributed by atoms with E-state index < -0.39 is 0 Å². The molecule has 1 aromatic rings. The molecule has 3 heteroatoms. The average molecular weight is 237 g/mol. The highest BCUT2D eigenvalue weighted by molar-refractivity contribution is 7.98. The van der Waals surface area contributed by atoms with Crippen molar-refractivity contribution in [2.45, 2.75) is 37.1 Å². The van der Waals surface area contributed by atoms with Gasteiger partial charge in [0.1, 0.15) is 5.75 Å². The molecule has 16 heavy (non-hydrogen) atoms. The molecule has 1 aliphatic rings. The summed E-state index contributed by atoms with van der Waals surface area (Å²) in [6.45, 7) is 5.24. The van der Waals surface area contributed by atoms with Crippen LogP contribution in [-0.2, 0) is 5.54 Å². The first-order valence-electron chi connectivity index (χ1n) is 5.70. The van der Waals surface area contributed by atoms with Gasteiger partial charge in [-0.15, -0.1) is 11.8 Å². The van der Waals surface area contributed by atoms with Gasteiger partial charge in [0.25, 0.3) is 0 Å². The largest absolute Gasteiger partial charge is 0.508 e. The van der Waals surface area contributed by atoms with Crippen molar-refractivity contribution in [2.24, 2.45) is 0 Å². The van der Waals surface area contributed by atoms with Crippen LogP contribution < -0.4 is 5.32 Å². The van der Waals surface area contributed by atoms with Gasteiger partial charge >= 0.3 is 0 Å². The van der Waals surface area contributed by atoms with Crippen molar-refractivity contribution in [1.82, 2.24) is 5.32 Å². The molecule has 0 radical (unpaired) electrons. The van der Waals surface area contributed by atoms with E-state index in [-0.39, 0.29) is 5.54 Å². The minimum atomic E-state index is 0.0313. The number of hydrogen-bond acceptors (Lipinski definition) is 3. The predicted octanol–water partition coefficient (Wildman–Crippen LogP) is 3.02. The Balaban J connectivity index is 2.50. The molecule has 2 rings (SSSR count). The Hall–Kier alpha value is -0.670. The van der Waals surface area contributed by atoms with Crippen molar-refractivity contribution in [3.8, 4) is 5.75 Å². The molecule has 1 heterocycles. The van der Waals surface area contributed by atoms with Crippen molar-refractivity contribution in [3.63, 3.8) is 0 Å². The van der Waals surface area contributed by atoms with E-state index in [2.05, 4.69) is 24.6 Å². The second-order valence-corrected chi connectivity index (χ2v) is 5.55. The summed E-state index contributed by atoms with van der Waals surface area (Å²) in [5, 5.41) is 13.4. The predicted molar refractivity (Wildman–Crippen MR) is 69.2 cm³/mol. The minimum Gasteiger partial charge on any atom is -0.508 e. The molecule has 0 aliphatic carbocycles. The van der Waals surface area contributed by atoms with Crippen LogP contribution in [0.3, 0.4) is 0 Å². The lowest BCUT2D eigenvalue weighted by Crippen LogP contribution is -2.33. The summed E-state index contributed by atoms with van der Waals surface area (Å²) in [4.78, 5) is 1.27. The summed E-state index contributed by atoms with van der Waals surface area (Å²) in [5.74, 6) is 0.405. The normalized spacial score (nSPS) is 24.9. The van der Waals surface area contributed by atoms with Crippen LogP contribution >= 0.6 is 11.8 Å². The van der Waals surface area contributed by atoms with Crippen LogP contribution in [-0.4, -0.2) is 17.9 Å². The van der Waals surface area contributed by atoms with Gasteiger partial charge in [0.15, 0.2) is 0 Å². The van der Waals surface area contributed by atoms with Crippen molar-refractivity contribution in [1.29, 1.82) is 0 Å². The average Bonchev–Trinajstić information content (AvgIpc) is 2.69. The van der Waals surface area contributed by atoms with Crippen LogP contribution in [0.15, 0.2) is 17.0 Å². The first-order chi connectivity index (χ1) is 7.57. The standard InChI is InChI=1S/C13H19NOS/c1-9-7-12(16-3)10(8-11(9)15)13(2)5-4-6-14-13/h7-8,14-15H,4-6H2,1-3H3. The third kappa shape index (κ3) is 1.94. The first-order valence-corrected chi connectivity index (χ1v) is 6.92. The Morgan fingerprint density at radius 3 is 2.75 bits per heavy atom. The third-order valence-corrected chi connectivity index (χ3v) is 4.26. The van der Waals surface area contributed by atoms with Gasteiger partial charge in [-0.2, -0.15) is 0 Å². The maximum absolute atomic E-state index is 9.86. The minimum absolute atomic E-state index is 0.0313. The second-order valence-electron chi connectivity index (χ2n) is 4.70. The SMILES string of the molecule is CSc1cc(C)c(O)cc1C1(C)CCCN1. The number of rotatable bonds is 2. The number of hydrogen-bond donors (Lipinski definition) is 2. The molecule has 1 fully saturated rings. The summed E-state index contributed by atoms with van der Waals surface area (Å²) in [5.41, 5.74) is 2.22. The lowest BCUT2D eigenvalue weighted by atomic mass is 9.89. The summed E-state index contributed by atoms with van der Waals surface area (Å²) in [6, 6.07) is 4.01. The molecule has 1 saturated heterocycles. The molecule has 0 amide bonds. The van der Waals surface area contributed by atoms with Crippen molar-refractivity contribution in [2.75, 3.05) is 12.8 Å². The number of benzene rings is 1. The van der Waals surface area contributed by atoms with Gasteiger partial charge in [0, 0.05) is 10.4 Å². The van der Waals surface area contributed by atoms with Crippen molar-refractivity contribution in [3.05, 3.63) is 23.3 Å². The van der Waals surface area contributed by atoms with E-state index in [9.17, 15) is 5.11 Å². The third-order valence-electron chi connectivity index (χ3n) is 3.48. The first kappa shape index (κ1) is 11.8. The number of aromatic hydroxyl groups is 1. The van der Waals surface area contributed by atoms with Gasteiger partial charge < -0.3 is 10.4 Å². The summed E-state index contributed by atoms with van der Waals surface area (Å²) in [7, 11) is 0. The number of phenolic OH excluding ortho intramolecular Hbond substituents is 1. The molecule has 0 bridgehead atoms. The van der Waals surface area contributed by atoms with E-state index in [1.54, 1.807) is 11.8 Å². The zero-order chi connectivity index (χ0) is 11.8. The number of aryl methyl sites for hydroxylation is 1.